The number of fused-ring (bicyclic) bond motifs is 1. The normalized spacial score (nSPS) is 14.6. The first-order valence-electron chi connectivity index (χ1n) is 8.54. The summed E-state index contributed by atoms with van der Waals surface area (Å²) in [6.07, 6.45) is 2.55. The van der Waals surface area contributed by atoms with E-state index in [1.54, 1.807) is 6.21 Å². The van der Waals surface area contributed by atoms with E-state index in [2.05, 4.69) is 55.7 Å². The number of benzene rings is 3. The predicted molar refractivity (Wildman–Crippen MR) is 113 cm³/mol. The molecule has 0 atom stereocenters. The third-order valence-electron chi connectivity index (χ3n) is 4.30. The van der Waals surface area contributed by atoms with Crippen LogP contribution >= 0.6 is 15.9 Å². The van der Waals surface area contributed by atoms with Crippen LogP contribution in [0.1, 0.15) is 22.3 Å². The monoisotopic (exact) mass is 417 g/mol. The second-order valence-electron chi connectivity index (χ2n) is 6.24. The summed E-state index contributed by atoms with van der Waals surface area (Å²) >= 11 is 3.42. The molecule has 1 aliphatic rings. The minimum absolute atomic E-state index is 0.238. The van der Waals surface area contributed by atoms with E-state index in [0.717, 1.165) is 27.7 Å². The lowest BCUT2D eigenvalue weighted by Gasteiger charge is -2.02. The molecule has 1 aliphatic heterocycles. The molecule has 0 radical (unpaired) electrons. The second-order valence-corrected chi connectivity index (χ2v) is 7.16. The average molecular weight is 418 g/mol. The molecule has 4 nitrogen and oxygen atoms in total. The largest absolute Gasteiger partial charge is 0.320 e. The molecule has 0 unspecified atom stereocenters. The minimum Gasteiger partial charge on any atom is -0.320 e. The zero-order valence-corrected chi connectivity index (χ0v) is 16.0. The number of hydrogen-bond acceptors (Lipinski definition) is 3. The van der Waals surface area contributed by atoms with Gasteiger partial charge in [-0.2, -0.15) is 5.10 Å². The van der Waals surface area contributed by atoms with Crippen LogP contribution < -0.4 is 5.32 Å². The first-order valence-corrected chi connectivity index (χ1v) is 9.33. The Morgan fingerprint density at radius 2 is 1.67 bits per heavy atom. The summed E-state index contributed by atoms with van der Waals surface area (Å²) in [5, 5.41) is 11.0. The number of nitrogens with one attached hydrogen (secondary N) is 1. The Hall–Kier alpha value is -3.05. The third-order valence-corrected chi connectivity index (χ3v) is 4.79. The number of halogens is 1. The van der Waals surface area contributed by atoms with Crippen LogP contribution in [0.25, 0.3) is 0 Å². The lowest BCUT2D eigenvalue weighted by molar-refractivity contribution is -0.110. The van der Waals surface area contributed by atoms with Gasteiger partial charge in [0.15, 0.2) is 5.71 Å². The van der Waals surface area contributed by atoms with Crippen LogP contribution in [0.4, 0.5) is 5.69 Å². The number of hydrogen-bond donors (Lipinski definition) is 1. The molecular formula is C22H16BrN3O. The second kappa shape index (κ2) is 7.68. The van der Waals surface area contributed by atoms with Gasteiger partial charge in [0.1, 0.15) is 0 Å². The van der Waals surface area contributed by atoms with Crippen molar-refractivity contribution in [2.24, 2.45) is 10.2 Å². The smallest absolute Gasteiger partial charge is 0.276 e. The van der Waals surface area contributed by atoms with E-state index in [0.29, 0.717) is 5.71 Å². The van der Waals surface area contributed by atoms with Crippen LogP contribution in [0.3, 0.4) is 0 Å². The quantitative estimate of drug-likeness (QED) is 0.480. The topological polar surface area (TPSA) is 53.8 Å². The van der Waals surface area contributed by atoms with Crippen molar-refractivity contribution in [1.29, 1.82) is 0 Å². The van der Waals surface area contributed by atoms with Crippen molar-refractivity contribution in [3.8, 4) is 0 Å². The van der Waals surface area contributed by atoms with Crippen LogP contribution in [0.15, 0.2) is 87.5 Å². The third kappa shape index (κ3) is 4.04. The van der Waals surface area contributed by atoms with Gasteiger partial charge in [-0.3, -0.25) is 4.79 Å². The highest BCUT2D eigenvalue weighted by Crippen LogP contribution is 2.26. The molecule has 3 aromatic rings. The van der Waals surface area contributed by atoms with Crippen LogP contribution in [0.5, 0.6) is 0 Å². The Labute approximate surface area is 165 Å². The molecule has 0 fully saturated rings. The van der Waals surface area contributed by atoms with Crippen molar-refractivity contribution < 1.29 is 4.79 Å². The molecule has 0 spiro atoms. The van der Waals surface area contributed by atoms with Crippen molar-refractivity contribution in [1.82, 2.24) is 0 Å². The van der Waals surface area contributed by atoms with Gasteiger partial charge in [-0.05, 0) is 41.3 Å². The summed E-state index contributed by atoms with van der Waals surface area (Å²) < 4.78 is 0.892. The van der Waals surface area contributed by atoms with Crippen molar-refractivity contribution >= 4 is 39.5 Å². The highest BCUT2D eigenvalue weighted by Gasteiger charge is 2.26. The maximum atomic E-state index is 12.1. The van der Waals surface area contributed by atoms with Crippen molar-refractivity contribution in [2.75, 3.05) is 5.32 Å². The Morgan fingerprint density at radius 1 is 0.926 bits per heavy atom. The average Bonchev–Trinajstić information content (AvgIpc) is 2.99. The standard InChI is InChI=1S/C22H16BrN3O/c23-18-10-11-20-19(13-18)21(22(27)25-20)26-24-14-17-8-6-16(7-9-17)12-15-4-2-1-3-5-15/h1-11,13-14H,12H2,(H,25,26,27)/b24-14-. The highest BCUT2D eigenvalue weighted by atomic mass is 79.9. The zero-order valence-electron chi connectivity index (χ0n) is 14.4. The van der Waals surface area contributed by atoms with Crippen LogP contribution in [-0.4, -0.2) is 17.8 Å². The van der Waals surface area contributed by atoms with Crippen molar-refractivity contribution in [3.05, 3.63) is 99.5 Å². The molecule has 1 N–H and O–H groups in total. The summed E-state index contributed by atoms with van der Waals surface area (Å²) in [5.41, 5.74) is 5.28. The molecular weight excluding hydrogens is 402 g/mol. The molecule has 0 bridgehead atoms. The van der Waals surface area contributed by atoms with Gasteiger partial charge in [0.05, 0.1) is 11.9 Å². The summed E-state index contributed by atoms with van der Waals surface area (Å²) in [5.74, 6) is -0.238. The number of carbonyl (C=O) groups excluding carboxylic acids is 1. The molecule has 1 amide bonds. The van der Waals surface area contributed by atoms with Crippen molar-refractivity contribution in [2.45, 2.75) is 6.42 Å². The van der Waals surface area contributed by atoms with E-state index in [4.69, 9.17) is 0 Å². The fourth-order valence-corrected chi connectivity index (χ4v) is 3.29. The summed E-state index contributed by atoms with van der Waals surface area (Å²) in [4.78, 5) is 12.1. The van der Waals surface area contributed by atoms with Gasteiger partial charge < -0.3 is 5.32 Å². The van der Waals surface area contributed by atoms with Gasteiger partial charge in [0, 0.05) is 10.0 Å². The Balaban J connectivity index is 1.48. The molecule has 0 saturated heterocycles. The molecule has 0 aliphatic carbocycles. The molecule has 0 saturated carbocycles. The van der Waals surface area contributed by atoms with E-state index in [1.165, 1.54) is 11.1 Å². The van der Waals surface area contributed by atoms with E-state index < -0.39 is 0 Å². The number of anilines is 1. The summed E-state index contributed by atoms with van der Waals surface area (Å²) in [6, 6.07) is 24.1. The van der Waals surface area contributed by atoms with Crippen LogP contribution in [0, 0.1) is 0 Å². The summed E-state index contributed by atoms with van der Waals surface area (Å²) in [7, 11) is 0. The Bertz CT molecular complexity index is 1040. The number of carbonyl (C=O) groups is 1. The van der Waals surface area contributed by atoms with Crippen LogP contribution in [-0.2, 0) is 11.2 Å². The molecule has 132 valence electrons. The predicted octanol–water partition coefficient (Wildman–Crippen LogP) is 4.82. The van der Waals surface area contributed by atoms with Gasteiger partial charge in [-0.15, -0.1) is 5.10 Å². The highest BCUT2D eigenvalue weighted by molar-refractivity contribution is 9.10. The Morgan fingerprint density at radius 3 is 2.44 bits per heavy atom. The first-order chi connectivity index (χ1) is 13.2. The fraction of sp³-hybridized carbons (Fsp3) is 0.0455. The van der Waals surface area contributed by atoms with E-state index in [9.17, 15) is 4.79 Å². The lowest BCUT2D eigenvalue weighted by atomic mass is 10.0. The molecule has 0 aromatic heterocycles. The number of nitrogens with zero attached hydrogens (tertiary/aromatic N) is 2. The molecule has 27 heavy (non-hydrogen) atoms. The first kappa shape index (κ1) is 17.4. The zero-order chi connectivity index (χ0) is 18.6. The van der Waals surface area contributed by atoms with Crippen molar-refractivity contribution in [3.63, 3.8) is 0 Å². The van der Waals surface area contributed by atoms with Gasteiger partial charge >= 0.3 is 0 Å². The number of rotatable bonds is 4. The maximum absolute atomic E-state index is 12.1. The van der Waals surface area contributed by atoms with Gasteiger partial charge in [0.25, 0.3) is 5.91 Å². The van der Waals surface area contributed by atoms with E-state index >= 15 is 0 Å². The fourth-order valence-electron chi connectivity index (χ4n) is 2.93. The Kier molecular flexibility index (Phi) is 4.94. The maximum Gasteiger partial charge on any atom is 0.276 e. The minimum atomic E-state index is -0.238. The number of amides is 1. The van der Waals surface area contributed by atoms with Crippen LogP contribution in [0.2, 0.25) is 0 Å². The van der Waals surface area contributed by atoms with Gasteiger partial charge in [-0.1, -0.05) is 70.5 Å². The van der Waals surface area contributed by atoms with E-state index in [-0.39, 0.29) is 5.91 Å². The molecule has 1 heterocycles. The van der Waals surface area contributed by atoms with E-state index in [1.807, 2.05) is 48.5 Å². The summed E-state index contributed by atoms with van der Waals surface area (Å²) in [6.45, 7) is 0. The SMILES string of the molecule is O=C1Nc2ccc(Br)cc2/C1=N\N=C/c1ccc(Cc2ccccc2)cc1. The lowest BCUT2D eigenvalue weighted by Crippen LogP contribution is -2.13. The molecule has 4 rings (SSSR count). The molecule has 3 aromatic carbocycles. The molecule has 5 heteroatoms. The van der Waals surface area contributed by atoms with Gasteiger partial charge in [-0.25, -0.2) is 0 Å². The van der Waals surface area contributed by atoms with Gasteiger partial charge in [0.2, 0.25) is 0 Å².